The SMILES string of the molecule is CNc1ncc2[nH]c(OC(C)=O)nc2n1. The van der Waals surface area contributed by atoms with Crippen LogP contribution in [0, 0.1) is 0 Å². The van der Waals surface area contributed by atoms with Crippen molar-refractivity contribution in [2.24, 2.45) is 0 Å². The van der Waals surface area contributed by atoms with E-state index in [9.17, 15) is 4.79 Å². The highest BCUT2D eigenvalue weighted by Gasteiger charge is 2.07. The van der Waals surface area contributed by atoms with E-state index in [1.165, 1.54) is 6.92 Å². The zero-order valence-electron chi connectivity index (χ0n) is 8.24. The van der Waals surface area contributed by atoms with E-state index < -0.39 is 5.97 Å². The number of nitrogens with one attached hydrogen (secondary N) is 2. The molecule has 0 spiro atoms. The first kappa shape index (κ1) is 9.38. The van der Waals surface area contributed by atoms with Crippen molar-refractivity contribution >= 4 is 23.1 Å². The molecule has 0 amide bonds. The Morgan fingerprint density at radius 2 is 2.33 bits per heavy atom. The zero-order chi connectivity index (χ0) is 10.8. The molecule has 0 atom stereocenters. The first-order valence-corrected chi connectivity index (χ1v) is 4.28. The summed E-state index contributed by atoms with van der Waals surface area (Å²) in [6, 6.07) is 0.125. The van der Waals surface area contributed by atoms with Gasteiger partial charge >= 0.3 is 12.0 Å². The summed E-state index contributed by atoms with van der Waals surface area (Å²) < 4.78 is 4.78. The number of carbonyl (C=O) groups excluding carboxylic acids is 1. The van der Waals surface area contributed by atoms with Gasteiger partial charge in [0.15, 0.2) is 5.65 Å². The number of aromatic nitrogens is 4. The summed E-state index contributed by atoms with van der Waals surface area (Å²) in [5, 5.41) is 2.79. The summed E-state index contributed by atoms with van der Waals surface area (Å²) in [6.07, 6.45) is 1.56. The molecular weight excluding hydrogens is 198 g/mol. The van der Waals surface area contributed by atoms with Crippen LogP contribution in [0.15, 0.2) is 6.20 Å². The Morgan fingerprint density at radius 1 is 1.53 bits per heavy atom. The van der Waals surface area contributed by atoms with Crippen LogP contribution in [0.2, 0.25) is 0 Å². The molecule has 2 aromatic rings. The first-order valence-electron chi connectivity index (χ1n) is 4.28. The Labute approximate surface area is 84.9 Å². The summed E-state index contributed by atoms with van der Waals surface area (Å²) in [7, 11) is 1.71. The average Bonchev–Trinajstić information content (AvgIpc) is 2.57. The topological polar surface area (TPSA) is 92.8 Å². The number of imidazole rings is 1. The van der Waals surface area contributed by atoms with Gasteiger partial charge in [0.05, 0.1) is 6.20 Å². The molecule has 7 nitrogen and oxygen atoms in total. The summed E-state index contributed by atoms with van der Waals surface area (Å²) in [6.45, 7) is 1.30. The molecule has 2 heterocycles. The van der Waals surface area contributed by atoms with E-state index in [1.54, 1.807) is 13.2 Å². The van der Waals surface area contributed by atoms with Crippen molar-refractivity contribution in [1.29, 1.82) is 0 Å². The molecule has 2 aromatic heterocycles. The normalized spacial score (nSPS) is 10.3. The van der Waals surface area contributed by atoms with Gasteiger partial charge in [-0.2, -0.15) is 9.97 Å². The van der Waals surface area contributed by atoms with E-state index in [1.807, 2.05) is 0 Å². The Hall–Kier alpha value is -2.18. The number of rotatable bonds is 2. The number of ether oxygens (including phenoxy) is 1. The minimum atomic E-state index is -0.434. The predicted molar refractivity (Wildman–Crippen MR) is 52.5 cm³/mol. The highest BCUT2D eigenvalue weighted by molar-refractivity contribution is 5.73. The standard InChI is InChI=1S/C8H9N5O2/c1-4(14)15-8-11-5-3-10-7(9-2)12-6(5)13-8/h3H,1-2H3,(H2,9,10,11,12,13). The van der Waals surface area contributed by atoms with Crippen LogP contribution in [0.4, 0.5) is 5.95 Å². The maximum atomic E-state index is 10.7. The van der Waals surface area contributed by atoms with Crippen LogP contribution in [-0.2, 0) is 4.79 Å². The zero-order valence-corrected chi connectivity index (χ0v) is 8.24. The van der Waals surface area contributed by atoms with Gasteiger partial charge in [-0.25, -0.2) is 4.98 Å². The molecule has 0 unspecified atom stereocenters. The number of H-pyrrole nitrogens is 1. The molecule has 0 bridgehead atoms. The lowest BCUT2D eigenvalue weighted by Crippen LogP contribution is -2.02. The van der Waals surface area contributed by atoms with Crippen LogP contribution < -0.4 is 10.1 Å². The lowest BCUT2D eigenvalue weighted by atomic mass is 10.6. The number of nitrogens with zero attached hydrogens (tertiary/aromatic N) is 3. The molecule has 7 heteroatoms. The fourth-order valence-corrected chi connectivity index (χ4v) is 1.09. The minimum absolute atomic E-state index is 0.125. The van der Waals surface area contributed by atoms with E-state index in [-0.39, 0.29) is 6.01 Å². The second-order valence-corrected chi connectivity index (χ2v) is 2.82. The number of esters is 1. The van der Waals surface area contributed by atoms with Crippen molar-refractivity contribution in [2.45, 2.75) is 6.92 Å². The number of fused-ring (bicyclic) bond motifs is 1. The van der Waals surface area contributed by atoms with Gasteiger partial charge in [-0.05, 0) is 0 Å². The van der Waals surface area contributed by atoms with Crippen LogP contribution in [0.5, 0.6) is 6.01 Å². The molecule has 0 aromatic carbocycles. The van der Waals surface area contributed by atoms with Gasteiger partial charge in [-0.1, -0.05) is 0 Å². The first-order chi connectivity index (χ1) is 7.19. The third-order valence-electron chi connectivity index (χ3n) is 1.68. The quantitative estimate of drug-likeness (QED) is 0.689. The largest absolute Gasteiger partial charge is 0.392 e. The van der Waals surface area contributed by atoms with E-state index in [4.69, 9.17) is 4.74 Å². The number of aromatic amines is 1. The van der Waals surface area contributed by atoms with Crippen LogP contribution in [0.25, 0.3) is 11.2 Å². The molecule has 2 N–H and O–H groups in total. The van der Waals surface area contributed by atoms with E-state index in [0.717, 1.165) is 0 Å². The second kappa shape index (κ2) is 3.52. The van der Waals surface area contributed by atoms with E-state index in [0.29, 0.717) is 17.1 Å². The predicted octanol–water partition coefficient (Wildman–Crippen LogP) is 0.320. The Kier molecular flexibility index (Phi) is 2.20. The molecule has 0 radical (unpaired) electrons. The van der Waals surface area contributed by atoms with Crippen LogP contribution in [0.3, 0.4) is 0 Å². The van der Waals surface area contributed by atoms with Crippen molar-refractivity contribution in [3.05, 3.63) is 6.20 Å². The van der Waals surface area contributed by atoms with Gasteiger partial charge in [0.1, 0.15) is 5.52 Å². The molecule has 0 saturated heterocycles. The minimum Gasteiger partial charge on any atom is -0.392 e. The monoisotopic (exact) mass is 207 g/mol. The van der Waals surface area contributed by atoms with Gasteiger partial charge in [0.2, 0.25) is 5.95 Å². The molecule has 0 fully saturated rings. The maximum absolute atomic E-state index is 10.7. The van der Waals surface area contributed by atoms with Gasteiger partial charge in [-0.3, -0.25) is 4.79 Å². The molecule has 78 valence electrons. The summed E-state index contributed by atoms with van der Waals surface area (Å²) >= 11 is 0. The van der Waals surface area contributed by atoms with Crippen LogP contribution >= 0.6 is 0 Å². The molecule has 0 aliphatic rings. The van der Waals surface area contributed by atoms with Crippen molar-refractivity contribution in [3.8, 4) is 6.01 Å². The molecule has 15 heavy (non-hydrogen) atoms. The number of carbonyl (C=O) groups is 1. The summed E-state index contributed by atoms with van der Waals surface area (Å²) in [5.41, 5.74) is 1.07. The number of hydrogen-bond acceptors (Lipinski definition) is 6. The van der Waals surface area contributed by atoms with E-state index >= 15 is 0 Å². The smallest absolute Gasteiger partial charge is 0.310 e. The van der Waals surface area contributed by atoms with Crippen molar-refractivity contribution in [3.63, 3.8) is 0 Å². The number of hydrogen-bond donors (Lipinski definition) is 2. The van der Waals surface area contributed by atoms with Crippen molar-refractivity contribution < 1.29 is 9.53 Å². The van der Waals surface area contributed by atoms with Gasteiger partial charge < -0.3 is 15.0 Å². The second-order valence-electron chi connectivity index (χ2n) is 2.82. The van der Waals surface area contributed by atoms with Crippen molar-refractivity contribution in [2.75, 3.05) is 12.4 Å². The third-order valence-corrected chi connectivity index (χ3v) is 1.68. The van der Waals surface area contributed by atoms with Gasteiger partial charge in [0.25, 0.3) is 0 Å². The van der Waals surface area contributed by atoms with Crippen LogP contribution in [-0.4, -0.2) is 33.0 Å². The Balaban J connectivity index is 2.42. The Bertz CT molecular complexity index is 507. The lowest BCUT2D eigenvalue weighted by Gasteiger charge is -1.94. The molecular formula is C8H9N5O2. The number of anilines is 1. The molecule has 2 rings (SSSR count). The summed E-state index contributed by atoms with van der Waals surface area (Å²) in [5.74, 6) is 0.0271. The van der Waals surface area contributed by atoms with Crippen LogP contribution in [0.1, 0.15) is 6.92 Å². The maximum Gasteiger partial charge on any atom is 0.310 e. The highest BCUT2D eigenvalue weighted by Crippen LogP contribution is 2.14. The van der Waals surface area contributed by atoms with Crippen molar-refractivity contribution in [1.82, 2.24) is 19.9 Å². The highest BCUT2D eigenvalue weighted by atomic mass is 16.5. The fourth-order valence-electron chi connectivity index (χ4n) is 1.09. The average molecular weight is 207 g/mol. The molecule has 0 aliphatic heterocycles. The van der Waals surface area contributed by atoms with E-state index in [2.05, 4.69) is 25.3 Å². The fraction of sp³-hybridized carbons (Fsp3) is 0.250. The Morgan fingerprint density at radius 3 is 3.00 bits per heavy atom. The van der Waals surface area contributed by atoms with Gasteiger partial charge in [0, 0.05) is 14.0 Å². The van der Waals surface area contributed by atoms with Gasteiger partial charge in [-0.15, -0.1) is 0 Å². The lowest BCUT2D eigenvalue weighted by molar-refractivity contribution is -0.132. The summed E-state index contributed by atoms with van der Waals surface area (Å²) in [4.78, 5) is 25.5. The molecule has 0 saturated carbocycles. The molecule has 0 aliphatic carbocycles. The third kappa shape index (κ3) is 1.85.